The van der Waals surface area contributed by atoms with Crippen molar-refractivity contribution in [1.82, 2.24) is 20.3 Å². The minimum atomic E-state index is 0.572. The largest absolute Gasteiger partial charge is 0.350 e. The summed E-state index contributed by atoms with van der Waals surface area (Å²) in [5, 5.41) is 4.96. The van der Waals surface area contributed by atoms with E-state index in [-0.39, 0.29) is 0 Å². The van der Waals surface area contributed by atoms with E-state index in [1.54, 1.807) is 0 Å². The van der Waals surface area contributed by atoms with Crippen LogP contribution in [0.5, 0.6) is 0 Å². The highest BCUT2D eigenvalue weighted by Crippen LogP contribution is 2.42. The standard InChI is InChI=1S/C20H21N5S/c1-2-4-16-15(3-1)17-19(25-11-13-9-14(25)10-22-13)23-18(24-20(17)26-16)12-5-7-21-8-6-12/h5-8,13-14,22H,1-4,9-11H2. The molecule has 1 aliphatic carbocycles. The van der Waals surface area contributed by atoms with Crippen molar-refractivity contribution in [3.63, 3.8) is 0 Å². The molecule has 132 valence electrons. The van der Waals surface area contributed by atoms with Crippen LogP contribution in [0.15, 0.2) is 24.5 Å². The summed E-state index contributed by atoms with van der Waals surface area (Å²) in [6, 6.07) is 5.21. The number of aryl methyl sites for hydroxylation is 2. The van der Waals surface area contributed by atoms with Gasteiger partial charge in [0.15, 0.2) is 5.82 Å². The number of rotatable bonds is 2. The monoisotopic (exact) mass is 363 g/mol. The highest BCUT2D eigenvalue weighted by atomic mass is 32.1. The van der Waals surface area contributed by atoms with Gasteiger partial charge in [0.05, 0.1) is 5.39 Å². The Balaban J connectivity index is 1.59. The van der Waals surface area contributed by atoms with Crippen LogP contribution in [0.25, 0.3) is 21.6 Å². The molecule has 2 fully saturated rings. The quantitative estimate of drug-likeness (QED) is 0.758. The first-order valence-corrected chi connectivity index (χ1v) is 10.4. The van der Waals surface area contributed by atoms with Gasteiger partial charge in [-0.2, -0.15) is 0 Å². The maximum Gasteiger partial charge on any atom is 0.163 e. The van der Waals surface area contributed by atoms with Crippen molar-refractivity contribution in [1.29, 1.82) is 0 Å². The zero-order valence-corrected chi connectivity index (χ0v) is 15.4. The minimum Gasteiger partial charge on any atom is -0.350 e. The number of piperazine rings is 1. The first kappa shape index (κ1) is 15.1. The first-order valence-electron chi connectivity index (χ1n) is 9.59. The smallest absolute Gasteiger partial charge is 0.163 e. The van der Waals surface area contributed by atoms with Crippen LogP contribution in [-0.4, -0.2) is 40.1 Å². The fourth-order valence-electron chi connectivity index (χ4n) is 4.80. The molecule has 3 aliphatic rings. The van der Waals surface area contributed by atoms with Gasteiger partial charge in [-0.05, 0) is 49.8 Å². The summed E-state index contributed by atoms with van der Waals surface area (Å²) >= 11 is 1.89. The lowest BCUT2D eigenvalue weighted by atomic mass is 9.96. The van der Waals surface area contributed by atoms with Crippen molar-refractivity contribution < 1.29 is 0 Å². The molecule has 6 rings (SSSR count). The van der Waals surface area contributed by atoms with Gasteiger partial charge in [-0.25, -0.2) is 9.97 Å². The molecule has 2 aliphatic heterocycles. The number of anilines is 1. The lowest BCUT2D eigenvalue weighted by molar-refractivity contribution is 0.577. The second-order valence-corrected chi connectivity index (χ2v) is 8.73. The summed E-state index contributed by atoms with van der Waals surface area (Å²) in [5.41, 5.74) is 2.58. The molecule has 2 saturated heterocycles. The molecule has 3 aromatic heterocycles. The zero-order chi connectivity index (χ0) is 17.1. The third-order valence-electron chi connectivity index (χ3n) is 6.06. The molecule has 2 unspecified atom stereocenters. The molecule has 1 N–H and O–H groups in total. The number of aromatic nitrogens is 3. The van der Waals surface area contributed by atoms with E-state index in [0.29, 0.717) is 12.1 Å². The van der Waals surface area contributed by atoms with Crippen LogP contribution in [0.1, 0.15) is 29.7 Å². The number of pyridine rings is 1. The lowest BCUT2D eigenvalue weighted by Crippen LogP contribution is -2.44. The van der Waals surface area contributed by atoms with E-state index < -0.39 is 0 Å². The fraction of sp³-hybridized carbons (Fsp3) is 0.450. The number of nitrogens with zero attached hydrogens (tertiary/aromatic N) is 4. The second kappa shape index (κ2) is 5.72. The molecule has 6 heteroatoms. The van der Waals surface area contributed by atoms with Gasteiger partial charge >= 0.3 is 0 Å². The van der Waals surface area contributed by atoms with E-state index in [1.807, 2.05) is 35.9 Å². The normalized spacial score (nSPS) is 24.4. The molecule has 2 bridgehead atoms. The Hall–Kier alpha value is -2.05. The van der Waals surface area contributed by atoms with Crippen LogP contribution in [0.2, 0.25) is 0 Å². The van der Waals surface area contributed by atoms with E-state index >= 15 is 0 Å². The SMILES string of the molecule is c1cc(-c2nc(N3CC4CC3CN4)c3c4c(sc3n2)CCCC4)ccn1. The first-order chi connectivity index (χ1) is 12.9. The summed E-state index contributed by atoms with van der Waals surface area (Å²) in [6.07, 6.45) is 9.86. The van der Waals surface area contributed by atoms with Gasteiger partial charge in [0, 0.05) is 48.0 Å². The predicted octanol–water partition coefficient (Wildman–Crippen LogP) is 3.18. The van der Waals surface area contributed by atoms with Crippen molar-refractivity contribution in [3.05, 3.63) is 35.0 Å². The van der Waals surface area contributed by atoms with Gasteiger partial charge in [-0.3, -0.25) is 4.98 Å². The van der Waals surface area contributed by atoms with E-state index in [1.165, 1.54) is 58.6 Å². The summed E-state index contributed by atoms with van der Waals surface area (Å²) in [6.45, 7) is 2.14. The molecule has 2 atom stereocenters. The van der Waals surface area contributed by atoms with E-state index in [9.17, 15) is 0 Å². The summed E-state index contributed by atoms with van der Waals surface area (Å²) < 4.78 is 0. The zero-order valence-electron chi connectivity index (χ0n) is 14.6. The summed E-state index contributed by atoms with van der Waals surface area (Å²) in [7, 11) is 0. The molecule has 0 aromatic carbocycles. The Bertz CT molecular complexity index is 983. The average Bonchev–Trinajstić information content (AvgIpc) is 3.41. The van der Waals surface area contributed by atoms with Crippen LogP contribution in [0, 0.1) is 0 Å². The number of thiophene rings is 1. The second-order valence-electron chi connectivity index (χ2n) is 7.64. The number of fused-ring (bicyclic) bond motifs is 5. The van der Waals surface area contributed by atoms with Gasteiger partial charge in [0.1, 0.15) is 10.6 Å². The van der Waals surface area contributed by atoms with Gasteiger partial charge in [0.25, 0.3) is 0 Å². The molecular weight excluding hydrogens is 342 g/mol. The fourth-order valence-corrected chi connectivity index (χ4v) is 6.05. The topological polar surface area (TPSA) is 53.9 Å². The van der Waals surface area contributed by atoms with Crippen LogP contribution in [-0.2, 0) is 12.8 Å². The van der Waals surface area contributed by atoms with Gasteiger partial charge in [-0.15, -0.1) is 11.3 Å². The number of nitrogens with one attached hydrogen (secondary N) is 1. The van der Waals surface area contributed by atoms with Crippen LogP contribution < -0.4 is 10.2 Å². The molecule has 3 aromatic rings. The summed E-state index contributed by atoms with van der Waals surface area (Å²) in [5.74, 6) is 2.01. The maximum atomic E-state index is 5.12. The van der Waals surface area contributed by atoms with E-state index in [4.69, 9.17) is 9.97 Å². The maximum absolute atomic E-state index is 5.12. The Morgan fingerprint density at radius 1 is 1.12 bits per heavy atom. The third kappa shape index (κ3) is 2.21. The Morgan fingerprint density at radius 2 is 2.00 bits per heavy atom. The highest BCUT2D eigenvalue weighted by Gasteiger charge is 2.39. The molecule has 0 spiro atoms. The molecule has 0 saturated carbocycles. The van der Waals surface area contributed by atoms with Crippen molar-refractivity contribution in [2.45, 2.75) is 44.2 Å². The molecule has 26 heavy (non-hydrogen) atoms. The van der Waals surface area contributed by atoms with Crippen molar-refractivity contribution >= 4 is 27.4 Å². The summed E-state index contributed by atoms with van der Waals surface area (Å²) in [4.78, 5) is 19.5. The van der Waals surface area contributed by atoms with E-state index in [0.717, 1.165) is 24.5 Å². The Morgan fingerprint density at radius 3 is 2.81 bits per heavy atom. The van der Waals surface area contributed by atoms with Gasteiger partial charge in [0.2, 0.25) is 0 Å². The van der Waals surface area contributed by atoms with Gasteiger partial charge < -0.3 is 10.2 Å². The van der Waals surface area contributed by atoms with Crippen molar-refractivity contribution in [2.75, 3.05) is 18.0 Å². The number of hydrogen-bond acceptors (Lipinski definition) is 6. The highest BCUT2D eigenvalue weighted by molar-refractivity contribution is 7.19. The van der Waals surface area contributed by atoms with Crippen LogP contribution >= 0.6 is 11.3 Å². The van der Waals surface area contributed by atoms with Crippen LogP contribution in [0.3, 0.4) is 0 Å². The Kier molecular flexibility index (Phi) is 3.31. The Labute approximate surface area is 156 Å². The van der Waals surface area contributed by atoms with E-state index in [2.05, 4.69) is 15.2 Å². The minimum absolute atomic E-state index is 0.572. The van der Waals surface area contributed by atoms with Gasteiger partial charge in [-0.1, -0.05) is 0 Å². The lowest BCUT2D eigenvalue weighted by Gasteiger charge is -2.29. The molecule has 0 radical (unpaired) electrons. The average molecular weight is 363 g/mol. The third-order valence-corrected chi connectivity index (χ3v) is 7.25. The molecule has 0 amide bonds. The molecule has 5 nitrogen and oxygen atoms in total. The molecular formula is C20H21N5S. The van der Waals surface area contributed by atoms with Crippen LogP contribution in [0.4, 0.5) is 5.82 Å². The number of hydrogen-bond donors (Lipinski definition) is 1. The van der Waals surface area contributed by atoms with Crippen molar-refractivity contribution in [3.8, 4) is 11.4 Å². The predicted molar refractivity (Wildman–Crippen MR) is 105 cm³/mol. The molecule has 5 heterocycles. The van der Waals surface area contributed by atoms with Crippen molar-refractivity contribution in [2.24, 2.45) is 0 Å².